The maximum atomic E-state index is 11.3. The first-order valence-electron chi connectivity index (χ1n) is 3.99. The van der Waals surface area contributed by atoms with E-state index in [0.29, 0.717) is 11.6 Å². The Morgan fingerprint density at radius 2 is 2.50 bits per heavy atom. The van der Waals surface area contributed by atoms with Crippen LogP contribution in [0.15, 0.2) is 18.3 Å². The summed E-state index contributed by atoms with van der Waals surface area (Å²) in [5.41, 5.74) is 0.636. The van der Waals surface area contributed by atoms with Crippen molar-refractivity contribution in [3.8, 4) is 0 Å². The van der Waals surface area contributed by atoms with E-state index >= 15 is 0 Å². The predicted octanol–water partition coefficient (Wildman–Crippen LogP) is 0.774. The molecule has 1 heterocycles. The summed E-state index contributed by atoms with van der Waals surface area (Å²) < 4.78 is 0. The average Bonchev–Trinajstić information content (AvgIpc) is 2.90. The van der Waals surface area contributed by atoms with Crippen LogP contribution in [0.25, 0.3) is 0 Å². The van der Waals surface area contributed by atoms with Gasteiger partial charge >= 0.3 is 0 Å². The average molecular weight is 161 g/mol. The van der Waals surface area contributed by atoms with Crippen LogP contribution in [0.3, 0.4) is 0 Å². The number of rotatable bonds is 2. The molecule has 1 aliphatic carbocycles. The molecule has 0 atom stereocenters. The molecule has 1 aromatic heterocycles. The van der Waals surface area contributed by atoms with Crippen LogP contribution in [-0.4, -0.2) is 16.9 Å². The molecule has 2 rings (SSSR count). The molecule has 0 aromatic carbocycles. The SMILES string of the molecule is O=C(NC1CC1)c1c[c]ncc1. The number of nitrogens with zero attached hydrogens (tertiary/aromatic N) is 1. The highest BCUT2D eigenvalue weighted by Gasteiger charge is 2.23. The summed E-state index contributed by atoms with van der Waals surface area (Å²) in [5, 5.41) is 2.88. The summed E-state index contributed by atoms with van der Waals surface area (Å²) in [6.45, 7) is 0. The molecule has 1 aromatic rings. The van der Waals surface area contributed by atoms with E-state index < -0.39 is 0 Å². The van der Waals surface area contributed by atoms with E-state index in [1.54, 1.807) is 18.3 Å². The number of nitrogens with one attached hydrogen (secondary N) is 1. The van der Waals surface area contributed by atoms with E-state index in [4.69, 9.17) is 0 Å². The Hall–Kier alpha value is -1.38. The van der Waals surface area contributed by atoms with Gasteiger partial charge < -0.3 is 5.32 Å². The number of amides is 1. The van der Waals surface area contributed by atoms with Crippen molar-refractivity contribution in [1.29, 1.82) is 0 Å². The summed E-state index contributed by atoms with van der Waals surface area (Å²) >= 11 is 0. The Morgan fingerprint density at radius 1 is 1.67 bits per heavy atom. The van der Waals surface area contributed by atoms with E-state index in [1.165, 1.54) is 0 Å². The third-order valence-corrected chi connectivity index (χ3v) is 1.80. The standard InChI is InChI=1S/C9H9N2O/c12-9(11-8-1-2-8)7-3-5-10-6-4-7/h3-5,8H,1-2H2,(H,11,12). The van der Waals surface area contributed by atoms with Crippen molar-refractivity contribution < 1.29 is 4.79 Å². The molecule has 0 saturated heterocycles. The van der Waals surface area contributed by atoms with Crippen LogP contribution >= 0.6 is 0 Å². The Morgan fingerprint density at radius 3 is 3.08 bits per heavy atom. The summed E-state index contributed by atoms with van der Waals surface area (Å²) in [4.78, 5) is 15.1. The number of carbonyl (C=O) groups is 1. The molecule has 1 amide bonds. The zero-order chi connectivity index (χ0) is 8.39. The molecule has 0 spiro atoms. The number of hydrogen-bond donors (Lipinski definition) is 1. The number of aromatic nitrogens is 1. The molecule has 1 saturated carbocycles. The van der Waals surface area contributed by atoms with Crippen molar-refractivity contribution in [3.63, 3.8) is 0 Å². The minimum atomic E-state index is -0.0175. The van der Waals surface area contributed by atoms with Gasteiger partial charge in [-0.15, -0.1) is 0 Å². The molecule has 12 heavy (non-hydrogen) atoms. The molecule has 0 bridgehead atoms. The summed E-state index contributed by atoms with van der Waals surface area (Å²) in [6.07, 6.45) is 6.42. The van der Waals surface area contributed by atoms with Crippen LogP contribution in [0.5, 0.6) is 0 Å². The number of carbonyl (C=O) groups excluding carboxylic acids is 1. The lowest BCUT2D eigenvalue weighted by molar-refractivity contribution is 0.0951. The van der Waals surface area contributed by atoms with E-state index in [1.807, 2.05) is 0 Å². The minimum absolute atomic E-state index is 0.0175. The summed E-state index contributed by atoms with van der Waals surface area (Å²) in [6, 6.07) is 3.69. The van der Waals surface area contributed by atoms with Crippen molar-refractivity contribution in [2.45, 2.75) is 18.9 Å². The Bertz CT molecular complexity index is 280. The van der Waals surface area contributed by atoms with Crippen molar-refractivity contribution in [2.24, 2.45) is 0 Å². The van der Waals surface area contributed by atoms with E-state index in [2.05, 4.69) is 16.5 Å². The van der Waals surface area contributed by atoms with Crippen LogP contribution in [0.2, 0.25) is 0 Å². The van der Waals surface area contributed by atoms with Crippen molar-refractivity contribution in [3.05, 3.63) is 30.1 Å². The van der Waals surface area contributed by atoms with Gasteiger partial charge in [0.2, 0.25) is 0 Å². The highest BCUT2D eigenvalue weighted by Crippen LogP contribution is 2.19. The monoisotopic (exact) mass is 161 g/mol. The largest absolute Gasteiger partial charge is 0.349 e. The van der Waals surface area contributed by atoms with Gasteiger partial charge in [0.15, 0.2) is 0 Å². The number of pyridine rings is 1. The molecule has 1 radical (unpaired) electrons. The molecule has 0 aliphatic heterocycles. The summed E-state index contributed by atoms with van der Waals surface area (Å²) in [7, 11) is 0. The van der Waals surface area contributed by atoms with Gasteiger partial charge in [0, 0.05) is 17.8 Å². The van der Waals surface area contributed by atoms with Crippen LogP contribution in [0.1, 0.15) is 23.2 Å². The molecule has 1 N–H and O–H groups in total. The highest BCUT2D eigenvalue weighted by molar-refractivity contribution is 5.94. The second-order valence-corrected chi connectivity index (χ2v) is 2.92. The zero-order valence-electron chi connectivity index (χ0n) is 6.58. The third kappa shape index (κ3) is 1.61. The minimum Gasteiger partial charge on any atom is -0.349 e. The fourth-order valence-corrected chi connectivity index (χ4v) is 0.953. The van der Waals surface area contributed by atoms with Gasteiger partial charge in [0.1, 0.15) is 0 Å². The Labute approximate surface area is 70.8 Å². The van der Waals surface area contributed by atoms with Crippen molar-refractivity contribution >= 4 is 5.91 Å². The molecule has 3 nitrogen and oxygen atoms in total. The zero-order valence-corrected chi connectivity index (χ0v) is 6.58. The molecule has 0 unspecified atom stereocenters. The van der Waals surface area contributed by atoms with Gasteiger partial charge in [-0.1, -0.05) is 0 Å². The van der Waals surface area contributed by atoms with Gasteiger partial charge in [-0.3, -0.25) is 9.78 Å². The molecule has 61 valence electrons. The van der Waals surface area contributed by atoms with Crippen LogP contribution < -0.4 is 5.32 Å². The first kappa shape index (κ1) is 7.28. The highest BCUT2D eigenvalue weighted by atomic mass is 16.1. The molecular weight excluding hydrogens is 152 g/mol. The summed E-state index contributed by atoms with van der Waals surface area (Å²) in [5.74, 6) is -0.0175. The normalized spacial score (nSPS) is 15.7. The lowest BCUT2D eigenvalue weighted by Crippen LogP contribution is -2.25. The van der Waals surface area contributed by atoms with Gasteiger partial charge in [-0.25, -0.2) is 0 Å². The number of hydrogen-bond acceptors (Lipinski definition) is 2. The molecule has 3 heteroatoms. The quantitative estimate of drug-likeness (QED) is 0.696. The van der Waals surface area contributed by atoms with Crippen molar-refractivity contribution in [1.82, 2.24) is 10.3 Å². The smallest absolute Gasteiger partial charge is 0.251 e. The van der Waals surface area contributed by atoms with Gasteiger partial charge in [0.25, 0.3) is 5.91 Å². The third-order valence-electron chi connectivity index (χ3n) is 1.80. The Kier molecular flexibility index (Phi) is 1.78. The van der Waals surface area contributed by atoms with Gasteiger partial charge in [-0.2, -0.15) is 0 Å². The lowest BCUT2D eigenvalue weighted by Gasteiger charge is -2.00. The van der Waals surface area contributed by atoms with E-state index in [-0.39, 0.29) is 5.91 Å². The van der Waals surface area contributed by atoms with E-state index in [9.17, 15) is 4.79 Å². The van der Waals surface area contributed by atoms with Gasteiger partial charge in [0.05, 0.1) is 6.20 Å². The van der Waals surface area contributed by atoms with Crippen LogP contribution in [0.4, 0.5) is 0 Å². The molecule has 1 fully saturated rings. The molecule has 1 aliphatic rings. The first-order chi connectivity index (χ1) is 5.86. The fraction of sp³-hybridized carbons (Fsp3) is 0.333. The van der Waals surface area contributed by atoms with Crippen LogP contribution in [-0.2, 0) is 0 Å². The lowest BCUT2D eigenvalue weighted by atomic mass is 10.2. The fourth-order valence-electron chi connectivity index (χ4n) is 0.953. The van der Waals surface area contributed by atoms with E-state index in [0.717, 1.165) is 12.8 Å². The maximum Gasteiger partial charge on any atom is 0.251 e. The van der Waals surface area contributed by atoms with Crippen LogP contribution in [0, 0.1) is 6.20 Å². The van der Waals surface area contributed by atoms with Crippen molar-refractivity contribution in [2.75, 3.05) is 0 Å². The topological polar surface area (TPSA) is 42.0 Å². The predicted molar refractivity (Wildman–Crippen MR) is 43.6 cm³/mol. The Balaban J connectivity index is 2.03. The first-order valence-corrected chi connectivity index (χ1v) is 3.99. The van der Waals surface area contributed by atoms with Gasteiger partial charge in [-0.05, 0) is 25.0 Å². The second kappa shape index (κ2) is 2.93. The second-order valence-electron chi connectivity index (χ2n) is 2.92. The molecular formula is C9H9N2O. The maximum absolute atomic E-state index is 11.3.